The van der Waals surface area contributed by atoms with E-state index < -0.39 is 0 Å². The van der Waals surface area contributed by atoms with Crippen LogP contribution in [0.3, 0.4) is 0 Å². The number of ether oxygens (including phenoxy) is 2. The number of amides is 2. The first-order valence-electron chi connectivity index (χ1n) is 8.76. The van der Waals surface area contributed by atoms with Gasteiger partial charge in [-0.2, -0.15) is 0 Å². The maximum atomic E-state index is 11.9. The van der Waals surface area contributed by atoms with Crippen molar-refractivity contribution in [2.24, 2.45) is 0 Å². The first-order valence-corrected chi connectivity index (χ1v) is 8.76. The van der Waals surface area contributed by atoms with E-state index in [0.29, 0.717) is 12.6 Å². The summed E-state index contributed by atoms with van der Waals surface area (Å²) in [7, 11) is 0. The molecule has 6 nitrogen and oxygen atoms in total. The van der Waals surface area contributed by atoms with Crippen molar-refractivity contribution in [2.75, 3.05) is 13.2 Å². The van der Waals surface area contributed by atoms with Crippen molar-refractivity contribution in [3.8, 4) is 11.5 Å². The molecule has 1 heterocycles. The van der Waals surface area contributed by atoms with Crippen molar-refractivity contribution in [1.29, 1.82) is 0 Å². The predicted molar refractivity (Wildman–Crippen MR) is 94.6 cm³/mol. The lowest BCUT2D eigenvalue weighted by molar-refractivity contribution is -0.124. The molecule has 2 aliphatic rings. The topological polar surface area (TPSA) is 76.7 Å². The van der Waals surface area contributed by atoms with Crippen molar-refractivity contribution in [3.63, 3.8) is 0 Å². The lowest BCUT2D eigenvalue weighted by Gasteiger charge is -2.10. The zero-order chi connectivity index (χ0) is 17.8. The third kappa shape index (κ3) is 4.75. The molecule has 1 aliphatic carbocycles. The van der Waals surface area contributed by atoms with Crippen molar-refractivity contribution in [2.45, 2.75) is 45.3 Å². The highest BCUT2D eigenvalue weighted by molar-refractivity contribution is 5.94. The van der Waals surface area contributed by atoms with Crippen molar-refractivity contribution in [3.05, 3.63) is 29.3 Å². The van der Waals surface area contributed by atoms with Gasteiger partial charge in [0.15, 0.2) is 0 Å². The van der Waals surface area contributed by atoms with Crippen LogP contribution in [0.2, 0.25) is 0 Å². The third-order valence-electron chi connectivity index (χ3n) is 4.11. The first-order chi connectivity index (χ1) is 12.0. The molecule has 2 amide bonds. The average Bonchev–Trinajstić information content (AvgIpc) is 3.30. The number of benzene rings is 1. The molecule has 0 radical (unpaired) electrons. The molecule has 0 saturated heterocycles. The molecule has 1 aromatic rings. The minimum atomic E-state index is -0.316. The van der Waals surface area contributed by atoms with Crippen LogP contribution in [0.4, 0.5) is 0 Å². The summed E-state index contributed by atoms with van der Waals surface area (Å²) in [5.41, 5.74) is 1.90. The van der Waals surface area contributed by atoms with Crippen LogP contribution in [-0.4, -0.2) is 37.1 Å². The summed E-state index contributed by atoms with van der Waals surface area (Å²) in [6.07, 6.45) is 6.16. The molecule has 2 N–H and O–H groups in total. The quantitative estimate of drug-likeness (QED) is 0.740. The highest BCUT2D eigenvalue weighted by atomic mass is 16.5. The van der Waals surface area contributed by atoms with Gasteiger partial charge >= 0.3 is 0 Å². The molecule has 0 bridgehead atoms. The number of rotatable bonds is 7. The molecule has 1 fully saturated rings. The Morgan fingerprint density at radius 2 is 2.16 bits per heavy atom. The van der Waals surface area contributed by atoms with Gasteiger partial charge in [-0.1, -0.05) is 0 Å². The van der Waals surface area contributed by atoms with Gasteiger partial charge in [-0.15, -0.1) is 0 Å². The van der Waals surface area contributed by atoms with E-state index in [-0.39, 0.29) is 24.5 Å². The van der Waals surface area contributed by atoms with Crippen molar-refractivity contribution in [1.82, 2.24) is 10.6 Å². The van der Waals surface area contributed by atoms with Gasteiger partial charge in [0.25, 0.3) is 0 Å². The fourth-order valence-corrected chi connectivity index (χ4v) is 2.76. The number of hydrogen-bond donors (Lipinski definition) is 2. The van der Waals surface area contributed by atoms with Gasteiger partial charge in [-0.3, -0.25) is 9.59 Å². The second-order valence-electron chi connectivity index (χ2n) is 6.46. The van der Waals surface area contributed by atoms with Crippen LogP contribution < -0.4 is 20.1 Å². The van der Waals surface area contributed by atoms with Crippen LogP contribution in [-0.2, 0) is 16.0 Å². The Labute approximate surface area is 147 Å². The maximum Gasteiger partial charge on any atom is 0.244 e. The lowest BCUT2D eigenvalue weighted by Crippen LogP contribution is -2.37. The van der Waals surface area contributed by atoms with E-state index in [4.69, 9.17) is 9.47 Å². The van der Waals surface area contributed by atoms with E-state index in [2.05, 4.69) is 10.6 Å². The average molecular weight is 344 g/mol. The number of nitrogens with one attached hydrogen (secondary N) is 2. The monoisotopic (exact) mass is 344 g/mol. The van der Waals surface area contributed by atoms with Crippen LogP contribution in [0, 0.1) is 0 Å². The number of carbonyl (C=O) groups is 2. The highest BCUT2D eigenvalue weighted by Gasteiger charge is 2.23. The van der Waals surface area contributed by atoms with E-state index in [1.165, 1.54) is 6.08 Å². The third-order valence-corrected chi connectivity index (χ3v) is 4.11. The minimum absolute atomic E-state index is 0.0111. The Balaban J connectivity index is 1.62. The summed E-state index contributed by atoms with van der Waals surface area (Å²) in [6.45, 7) is 4.48. The number of carbonyl (C=O) groups excluding carboxylic acids is 2. The molecule has 1 saturated carbocycles. The molecule has 25 heavy (non-hydrogen) atoms. The summed E-state index contributed by atoms with van der Waals surface area (Å²) in [4.78, 5) is 23.5. The van der Waals surface area contributed by atoms with E-state index in [0.717, 1.165) is 41.9 Å². The second-order valence-corrected chi connectivity index (χ2v) is 6.46. The van der Waals surface area contributed by atoms with E-state index in [9.17, 15) is 9.59 Å². The Morgan fingerprint density at radius 1 is 1.36 bits per heavy atom. The summed E-state index contributed by atoms with van der Waals surface area (Å²) in [5, 5.41) is 5.41. The molecule has 0 unspecified atom stereocenters. The standard InChI is InChI=1S/C19H24N2O4/c1-3-24-16-10-14-8-12(2)25-17(14)9-13(16)4-7-18(22)20-11-19(23)21-15-5-6-15/h4,7,9-10,12,15H,3,5-6,8,11H2,1-2H3,(H,20,22)(H,21,23)/b7-4+/t12-/m0/s1. The molecule has 1 aromatic carbocycles. The van der Waals surface area contributed by atoms with Gasteiger partial charge in [-0.25, -0.2) is 0 Å². The minimum Gasteiger partial charge on any atom is -0.493 e. The van der Waals surface area contributed by atoms with Gasteiger partial charge in [0.1, 0.15) is 17.6 Å². The smallest absolute Gasteiger partial charge is 0.244 e. The Morgan fingerprint density at radius 3 is 2.88 bits per heavy atom. The summed E-state index contributed by atoms with van der Waals surface area (Å²) in [6, 6.07) is 4.17. The first kappa shape index (κ1) is 17.3. The second kappa shape index (κ2) is 7.59. The van der Waals surface area contributed by atoms with Crippen LogP contribution in [0.15, 0.2) is 18.2 Å². The highest BCUT2D eigenvalue weighted by Crippen LogP contribution is 2.35. The zero-order valence-electron chi connectivity index (χ0n) is 14.6. The summed E-state index contributed by atoms with van der Waals surface area (Å²) >= 11 is 0. The number of fused-ring (bicyclic) bond motifs is 1. The Kier molecular flexibility index (Phi) is 5.26. The van der Waals surface area contributed by atoms with Gasteiger partial charge in [0.2, 0.25) is 11.8 Å². The molecule has 6 heteroatoms. The zero-order valence-corrected chi connectivity index (χ0v) is 14.6. The predicted octanol–water partition coefficient (Wildman–Crippen LogP) is 1.82. The normalized spacial score (nSPS) is 18.6. The van der Waals surface area contributed by atoms with Gasteiger partial charge in [0.05, 0.1) is 13.2 Å². The molecule has 134 valence electrons. The molecule has 0 aromatic heterocycles. The van der Waals surface area contributed by atoms with Crippen LogP contribution in [0.25, 0.3) is 6.08 Å². The van der Waals surface area contributed by atoms with Crippen molar-refractivity contribution >= 4 is 17.9 Å². The Hall–Kier alpha value is -2.50. The number of hydrogen-bond acceptors (Lipinski definition) is 4. The Bertz CT molecular complexity index is 695. The maximum absolute atomic E-state index is 11.9. The van der Waals surface area contributed by atoms with Crippen LogP contribution in [0.1, 0.15) is 37.8 Å². The van der Waals surface area contributed by atoms with Crippen LogP contribution in [0.5, 0.6) is 11.5 Å². The molecule has 1 atom stereocenters. The van der Waals surface area contributed by atoms with E-state index in [1.807, 2.05) is 26.0 Å². The van der Waals surface area contributed by atoms with E-state index >= 15 is 0 Å². The fraction of sp³-hybridized carbons (Fsp3) is 0.474. The van der Waals surface area contributed by atoms with Crippen LogP contribution >= 0.6 is 0 Å². The van der Waals surface area contributed by atoms with Gasteiger partial charge < -0.3 is 20.1 Å². The summed E-state index contributed by atoms with van der Waals surface area (Å²) in [5.74, 6) is 1.09. The molecule has 1 aliphatic heterocycles. The van der Waals surface area contributed by atoms with Gasteiger partial charge in [0, 0.05) is 29.7 Å². The molecule has 0 spiro atoms. The SMILES string of the molecule is CCOc1cc2c(cc1/C=C/C(=O)NCC(=O)NC1CC1)O[C@@H](C)C2. The lowest BCUT2D eigenvalue weighted by atomic mass is 10.1. The molecular formula is C19H24N2O4. The van der Waals surface area contributed by atoms with Gasteiger partial charge in [-0.05, 0) is 44.9 Å². The van der Waals surface area contributed by atoms with Crippen molar-refractivity contribution < 1.29 is 19.1 Å². The molecular weight excluding hydrogens is 320 g/mol. The fourth-order valence-electron chi connectivity index (χ4n) is 2.76. The largest absolute Gasteiger partial charge is 0.493 e. The molecule has 3 rings (SSSR count). The summed E-state index contributed by atoms with van der Waals surface area (Å²) < 4.78 is 11.4. The van der Waals surface area contributed by atoms with E-state index in [1.54, 1.807) is 6.08 Å².